The second-order valence-electron chi connectivity index (χ2n) is 6.53. The van der Waals surface area contributed by atoms with Crippen molar-refractivity contribution in [3.63, 3.8) is 0 Å². The molecule has 1 amide bonds. The molecule has 2 aliphatic carbocycles. The molecule has 0 aliphatic heterocycles. The molecule has 2 N–H and O–H groups in total. The van der Waals surface area contributed by atoms with Crippen molar-refractivity contribution in [1.82, 2.24) is 5.32 Å². The standard InChI is InChI=1S/C16H16F5NO3S/c17-15(18)6-9-10(25-7-14(22-8-23)4-1-5-14)2-3-11(12(9)13(15)24)26-16(19,20)21/h2-3,8,13,24H,1,4-7H2,(H,22,23). The molecule has 10 heteroatoms. The van der Waals surface area contributed by atoms with E-state index in [0.717, 1.165) is 12.5 Å². The molecule has 0 heterocycles. The van der Waals surface area contributed by atoms with Gasteiger partial charge in [-0.3, -0.25) is 4.79 Å². The van der Waals surface area contributed by atoms with Crippen molar-refractivity contribution in [3.05, 3.63) is 23.3 Å². The van der Waals surface area contributed by atoms with E-state index < -0.39 is 51.7 Å². The molecule has 0 radical (unpaired) electrons. The van der Waals surface area contributed by atoms with Crippen molar-refractivity contribution >= 4 is 18.2 Å². The molecule has 1 atom stereocenters. The number of aliphatic hydroxyl groups excluding tert-OH is 1. The summed E-state index contributed by atoms with van der Waals surface area (Å²) >= 11 is -0.541. The fraction of sp³-hybridized carbons (Fsp3) is 0.562. The number of ether oxygens (including phenoxy) is 1. The molecule has 1 unspecified atom stereocenters. The maximum atomic E-state index is 13.9. The Balaban J connectivity index is 1.90. The SMILES string of the molecule is O=CNC1(COc2ccc(SC(F)(F)F)c3c2CC(F)(F)C3O)CCC1. The molecule has 2 aliphatic rings. The highest BCUT2D eigenvalue weighted by Gasteiger charge is 2.50. The van der Waals surface area contributed by atoms with Crippen molar-refractivity contribution in [2.24, 2.45) is 0 Å². The van der Waals surface area contributed by atoms with E-state index in [1.807, 2.05) is 0 Å². The Morgan fingerprint density at radius 3 is 2.58 bits per heavy atom. The van der Waals surface area contributed by atoms with Gasteiger partial charge in [0.15, 0.2) is 0 Å². The third-order valence-electron chi connectivity index (χ3n) is 4.77. The lowest BCUT2D eigenvalue weighted by atomic mass is 9.77. The lowest BCUT2D eigenvalue weighted by molar-refractivity contribution is -0.112. The number of fused-ring (bicyclic) bond motifs is 1. The lowest BCUT2D eigenvalue weighted by Gasteiger charge is -2.41. The summed E-state index contributed by atoms with van der Waals surface area (Å²) in [5.74, 6) is -3.57. The van der Waals surface area contributed by atoms with Crippen molar-refractivity contribution < 1.29 is 36.6 Å². The molecule has 26 heavy (non-hydrogen) atoms. The van der Waals surface area contributed by atoms with E-state index in [1.165, 1.54) is 6.07 Å². The summed E-state index contributed by atoms with van der Waals surface area (Å²) < 4.78 is 71.5. The van der Waals surface area contributed by atoms with Crippen LogP contribution in [0.15, 0.2) is 17.0 Å². The molecule has 0 saturated heterocycles. The Bertz CT molecular complexity index is 706. The second kappa shape index (κ2) is 6.56. The highest BCUT2D eigenvalue weighted by Crippen LogP contribution is 2.52. The fourth-order valence-corrected chi connectivity index (χ4v) is 4.00. The van der Waals surface area contributed by atoms with Crippen molar-refractivity contribution in [1.29, 1.82) is 0 Å². The predicted molar refractivity (Wildman–Crippen MR) is 83.2 cm³/mol. The molecule has 0 aromatic heterocycles. The molecule has 0 bridgehead atoms. The monoisotopic (exact) mass is 397 g/mol. The fourth-order valence-electron chi connectivity index (χ4n) is 3.27. The van der Waals surface area contributed by atoms with Gasteiger partial charge in [-0.05, 0) is 43.2 Å². The number of thioether (sulfide) groups is 1. The van der Waals surface area contributed by atoms with Crippen LogP contribution in [-0.4, -0.2) is 35.1 Å². The van der Waals surface area contributed by atoms with Gasteiger partial charge >= 0.3 is 5.51 Å². The van der Waals surface area contributed by atoms with Gasteiger partial charge < -0.3 is 15.2 Å². The number of carbonyl (C=O) groups excluding carboxylic acids is 1. The third-order valence-corrected chi connectivity index (χ3v) is 5.57. The minimum absolute atomic E-state index is 0.00160. The van der Waals surface area contributed by atoms with Gasteiger partial charge in [0, 0.05) is 22.4 Å². The van der Waals surface area contributed by atoms with Crippen LogP contribution in [0.5, 0.6) is 5.75 Å². The van der Waals surface area contributed by atoms with Crippen LogP contribution in [0.2, 0.25) is 0 Å². The van der Waals surface area contributed by atoms with Gasteiger partial charge in [-0.1, -0.05) is 0 Å². The zero-order valence-electron chi connectivity index (χ0n) is 13.4. The second-order valence-corrected chi connectivity index (χ2v) is 7.63. The molecule has 1 aromatic rings. The maximum Gasteiger partial charge on any atom is 0.446 e. The molecular formula is C16H16F5NO3S. The zero-order chi connectivity index (χ0) is 19.2. The number of carbonyl (C=O) groups is 1. The number of halogens is 5. The third kappa shape index (κ3) is 3.62. The summed E-state index contributed by atoms with van der Waals surface area (Å²) in [6.45, 7) is 0.0195. The summed E-state index contributed by atoms with van der Waals surface area (Å²) in [4.78, 5) is 10.2. The van der Waals surface area contributed by atoms with Crippen LogP contribution in [0.25, 0.3) is 0 Å². The largest absolute Gasteiger partial charge is 0.491 e. The van der Waals surface area contributed by atoms with E-state index in [9.17, 15) is 31.9 Å². The number of benzene rings is 1. The van der Waals surface area contributed by atoms with E-state index >= 15 is 0 Å². The Kier molecular flexibility index (Phi) is 4.85. The van der Waals surface area contributed by atoms with Crippen LogP contribution in [-0.2, 0) is 11.2 Å². The summed E-state index contributed by atoms with van der Waals surface area (Å²) in [5, 5.41) is 12.5. The van der Waals surface area contributed by atoms with Crippen molar-refractivity contribution in [2.45, 2.75) is 53.7 Å². The van der Waals surface area contributed by atoms with Gasteiger partial charge in [0.05, 0.1) is 5.54 Å². The van der Waals surface area contributed by atoms with Crippen LogP contribution in [0.1, 0.15) is 36.5 Å². The summed E-state index contributed by atoms with van der Waals surface area (Å²) in [6.07, 6.45) is -0.492. The summed E-state index contributed by atoms with van der Waals surface area (Å²) in [6, 6.07) is 2.23. The smallest absolute Gasteiger partial charge is 0.446 e. The van der Waals surface area contributed by atoms with Crippen LogP contribution < -0.4 is 10.1 Å². The topological polar surface area (TPSA) is 58.6 Å². The Hall–Kier alpha value is -1.55. The maximum absolute atomic E-state index is 13.9. The highest BCUT2D eigenvalue weighted by molar-refractivity contribution is 8.00. The first-order valence-corrected chi connectivity index (χ1v) is 8.70. The van der Waals surface area contributed by atoms with Gasteiger partial charge in [-0.2, -0.15) is 13.2 Å². The number of aliphatic hydroxyl groups is 1. The molecule has 1 saturated carbocycles. The normalized spacial score (nSPS) is 23.1. The van der Waals surface area contributed by atoms with Crippen LogP contribution >= 0.6 is 11.8 Å². The Labute approximate surface area is 150 Å². The number of alkyl halides is 5. The predicted octanol–water partition coefficient (Wildman–Crippen LogP) is 3.57. The quantitative estimate of drug-likeness (QED) is 0.438. The van der Waals surface area contributed by atoms with E-state index in [-0.39, 0.29) is 17.9 Å². The van der Waals surface area contributed by atoms with Gasteiger partial charge in [0.1, 0.15) is 18.5 Å². The van der Waals surface area contributed by atoms with Gasteiger partial charge in [-0.25, -0.2) is 8.78 Å². The first kappa shape index (κ1) is 19.2. The number of nitrogens with one attached hydrogen (secondary N) is 1. The minimum atomic E-state index is -4.67. The molecular weight excluding hydrogens is 381 g/mol. The molecule has 4 nitrogen and oxygen atoms in total. The Morgan fingerprint density at radius 1 is 1.35 bits per heavy atom. The minimum Gasteiger partial charge on any atom is -0.491 e. The molecule has 1 fully saturated rings. The number of hydrogen-bond donors (Lipinski definition) is 2. The average molecular weight is 397 g/mol. The van der Waals surface area contributed by atoms with E-state index in [0.29, 0.717) is 19.3 Å². The molecule has 0 spiro atoms. The first-order chi connectivity index (χ1) is 12.1. The lowest BCUT2D eigenvalue weighted by Crippen LogP contribution is -2.54. The number of amides is 1. The molecule has 144 valence electrons. The van der Waals surface area contributed by atoms with Crippen molar-refractivity contribution in [3.8, 4) is 5.75 Å². The van der Waals surface area contributed by atoms with Crippen molar-refractivity contribution in [2.75, 3.05) is 6.61 Å². The molecule has 3 rings (SSSR count). The summed E-state index contributed by atoms with van der Waals surface area (Å²) in [5.41, 5.74) is -5.83. The van der Waals surface area contributed by atoms with E-state index in [2.05, 4.69) is 5.32 Å². The number of hydrogen-bond acceptors (Lipinski definition) is 4. The van der Waals surface area contributed by atoms with Gasteiger partial charge in [-0.15, -0.1) is 0 Å². The van der Waals surface area contributed by atoms with E-state index in [1.54, 1.807) is 0 Å². The van der Waals surface area contributed by atoms with Crippen LogP contribution in [0, 0.1) is 0 Å². The first-order valence-electron chi connectivity index (χ1n) is 7.88. The van der Waals surface area contributed by atoms with Gasteiger partial charge in [0.25, 0.3) is 5.92 Å². The van der Waals surface area contributed by atoms with Crippen LogP contribution in [0.3, 0.4) is 0 Å². The average Bonchev–Trinajstić information content (AvgIpc) is 2.73. The Morgan fingerprint density at radius 2 is 2.04 bits per heavy atom. The molecule has 1 aromatic carbocycles. The van der Waals surface area contributed by atoms with Gasteiger partial charge in [0.2, 0.25) is 6.41 Å². The zero-order valence-corrected chi connectivity index (χ0v) is 14.2. The van der Waals surface area contributed by atoms with Crippen LogP contribution in [0.4, 0.5) is 22.0 Å². The highest BCUT2D eigenvalue weighted by atomic mass is 32.2. The van der Waals surface area contributed by atoms with E-state index in [4.69, 9.17) is 4.74 Å². The summed E-state index contributed by atoms with van der Waals surface area (Å²) in [7, 11) is 0. The number of rotatable bonds is 6.